The zero-order valence-electron chi connectivity index (χ0n) is 20.3. The number of carbonyl (C=O) groups is 2. The Kier molecular flexibility index (Phi) is 8.08. The number of rotatable bonds is 7. The lowest BCUT2D eigenvalue weighted by Crippen LogP contribution is -2.50. The normalized spacial score (nSPS) is 14.9. The average Bonchev–Trinajstić information content (AvgIpc) is 2.78. The fourth-order valence-corrected chi connectivity index (χ4v) is 3.81. The van der Waals surface area contributed by atoms with Gasteiger partial charge in [0.15, 0.2) is 0 Å². The van der Waals surface area contributed by atoms with Crippen molar-refractivity contribution in [3.63, 3.8) is 0 Å². The Morgan fingerprint density at radius 3 is 2.50 bits per heavy atom. The van der Waals surface area contributed by atoms with Gasteiger partial charge in [-0.25, -0.2) is 14.6 Å². The van der Waals surface area contributed by atoms with Gasteiger partial charge >= 0.3 is 11.8 Å². The molecule has 0 unspecified atom stereocenters. The van der Waals surface area contributed by atoms with Crippen LogP contribution < -0.4 is 16.6 Å². The summed E-state index contributed by atoms with van der Waals surface area (Å²) in [6, 6.07) is 1.47. The van der Waals surface area contributed by atoms with E-state index < -0.39 is 16.9 Å². The molecule has 1 aliphatic rings. The molecule has 11 nitrogen and oxygen atoms in total. The van der Waals surface area contributed by atoms with E-state index in [4.69, 9.17) is 4.74 Å². The third-order valence-electron chi connectivity index (χ3n) is 5.50. The summed E-state index contributed by atoms with van der Waals surface area (Å²) in [4.78, 5) is 59.4. The highest BCUT2D eigenvalue weighted by molar-refractivity contribution is 5.96. The number of aromatic nitrogens is 3. The van der Waals surface area contributed by atoms with Gasteiger partial charge in [0, 0.05) is 45.5 Å². The zero-order valence-corrected chi connectivity index (χ0v) is 20.3. The van der Waals surface area contributed by atoms with Gasteiger partial charge in [-0.05, 0) is 46.2 Å². The van der Waals surface area contributed by atoms with Crippen molar-refractivity contribution < 1.29 is 14.3 Å². The topological polar surface area (TPSA) is 130 Å². The summed E-state index contributed by atoms with van der Waals surface area (Å²) >= 11 is 0. The van der Waals surface area contributed by atoms with Crippen LogP contribution in [0.2, 0.25) is 0 Å². The van der Waals surface area contributed by atoms with Crippen molar-refractivity contribution in [3.05, 3.63) is 38.7 Å². The molecule has 2 aromatic rings. The number of pyridine rings is 1. The first-order chi connectivity index (χ1) is 16.1. The number of ether oxygens (including phenoxy) is 1. The molecule has 2 amide bonds. The average molecular weight is 475 g/mol. The van der Waals surface area contributed by atoms with Gasteiger partial charge in [-0.1, -0.05) is 6.92 Å². The van der Waals surface area contributed by atoms with E-state index in [0.29, 0.717) is 32.6 Å². The van der Waals surface area contributed by atoms with Crippen molar-refractivity contribution in [1.82, 2.24) is 29.7 Å². The molecular formula is C23H34N6O5. The van der Waals surface area contributed by atoms with Crippen molar-refractivity contribution in [2.45, 2.75) is 52.7 Å². The summed E-state index contributed by atoms with van der Waals surface area (Å²) < 4.78 is 6.82. The van der Waals surface area contributed by atoms with Crippen LogP contribution in [0.1, 0.15) is 50.9 Å². The maximum atomic E-state index is 12.6. The second-order valence-electron chi connectivity index (χ2n) is 9.42. The van der Waals surface area contributed by atoms with Gasteiger partial charge < -0.3 is 15.0 Å². The molecule has 0 aliphatic carbocycles. The number of piperazine rings is 1. The fourth-order valence-electron chi connectivity index (χ4n) is 3.81. The first kappa shape index (κ1) is 25.4. The minimum absolute atomic E-state index is 0.212. The van der Waals surface area contributed by atoms with Crippen LogP contribution in [0.15, 0.2) is 21.9 Å². The molecule has 0 spiro atoms. The number of fused-ring (bicyclic) bond motifs is 1. The van der Waals surface area contributed by atoms with Gasteiger partial charge in [-0.15, -0.1) is 0 Å². The molecule has 1 fully saturated rings. The third-order valence-corrected chi connectivity index (χ3v) is 5.50. The van der Waals surface area contributed by atoms with Crippen LogP contribution in [0.25, 0.3) is 11.0 Å². The molecule has 11 heteroatoms. The van der Waals surface area contributed by atoms with Crippen LogP contribution in [-0.2, 0) is 11.3 Å². The molecule has 1 saturated heterocycles. The number of amides is 2. The third kappa shape index (κ3) is 6.43. The number of nitrogens with one attached hydrogen (secondary N) is 2. The van der Waals surface area contributed by atoms with E-state index in [1.165, 1.54) is 16.8 Å². The number of aryl methyl sites for hydroxylation is 1. The van der Waals surface area contributed by atoms with Crippen molar-refractivity contribution in [2.75, 3.05) is 39.3 Å². The van der Waals surface area contributed by atoms with Crippen LogP contribution in [0.3, 0.4) is 0 Å². The van der Waals surface area contributed by atoms with Gasteiger partial charge in [-0.2, -0.15) is 0 Å². The molecular weight excluding hydrogens is 440 g/mol. The summed E-state index contributed by atoms with van der Waals surface area (Å²) in [6.07, 6.45) is 2.56. The largest absolute Gasteiger partial charge is 0.444 e. The molecule has 2 aromatic heterocycles. The maximum absolute atomic E-state index is 12.6. The van der Waals surface area contributed by atoms with E-state index in [1.54, 1.807) is 4.90 Å². The van der Waals surface area contributed by atoms with E-state index in [-0.39, 0.29) is 28.6 Å². The Hall–Kier alpha value is -3.21. The molecule has 34 heavy (non-hydrogen) atoms. The Balaban J connectivity index is 1.48. The molecule has 0 aromatic carbocycles. The Morgan fingerprint density at radius 1 is 1.15 bits per heavy atom. The highest BCUT2D eigenvalue weighted by Gasteiger charge is 2.25. The molecule has 186 valence electrons. The van der Waals surface area contributed by atoms with E-state index in [2.05, 4.69) is 20.2 Å². The minimum Gasteiger partial charge on any atom is -0.444 e. The fraction of sp³-hybridized carbons (Fsp3) is 0.609. The summed E-state index contributed by atoms with van der Waals surface area (Å²) in [5, 5.41) is 3.07. The summed E-state index contributed by atoms with van der Waals surface area (Å²) in [5.41, 5.74) is -1.02. The Labute approximate surface area is 198 Å². The molecule has 0 atom stereocenters. The second-order valence-corrected chi connectivity index (χ2v) is 9.42. The number of hydrogen-bond acceptors (Lipinski definition) is 7. The quantitative estimate of drug-likeness (QED) is 0.576. The van der Waals surface area contributed by atoms with Gasteiger partial charge in [0.1, 0.15) is 11.2 Å². The van der Waals surface area contributed by atoms with Crippen molar-refractivity contribution in [3.8, 4) is 0 Å². The second kappa shape index (κ2) is 10.8. The molecule has 2 N–H and O–H groups in total. The number of aromatic amines is 1. The van der Waals surface area contributed by atoms with Crippen LogP contribution in [0, 0.1) is 0 Å². The smallest absolute Gasteiger partial charge is 0.410 e. The zero-order chi connectivity index (χ0) is 24.9. The van der Waals surface area contributed by atoms with Crippen LogP contribution in [0.4, 0.5) is 4.79 Å². The number of hydrogen-bond donors (Lipinski definition) is 2. The summed E-state index contributed by atoms with van der Waals surface area (Å²) in [6.45, 7) is 11.9. The summed E-state index contributed by atoms with van der Waals surface area (Å²) in [7, 11) is 0. The molecule has 0 saturated carbocycles. The lowest BCUT2D eigenvalue weighted by atomic mass is 10.2. The number of nitrogens with zero attached hydrogens (tertiary/aromatic N) is 4. The predicted molar refractivity (Wildman–Crippen MR) is 128 cm³/mol. The maximum Gasteiger partial charge on any atom is 0.410 e. The lowest BCUT2D eigenvalue weighted by molar-refractivity contribution is 0.0144. The van der Waals surface area contributed by atoms with Gasteiger partial charge in [0.2, 0.25) is 0 Å². The summed E-state index contributed by atoms with van der Waals surface area (Å²) in [5.74, 6) is -0.322. The van der Waals surface area contributed by atoms with E-state index in [1.807, 2.05) is 27.7 Å². The van der Waals surface area contributed by atoms with Crippen molar-refractivity contribution in [1.29, 1.82) is 0 Å². The van der Waals surface area contributed by atoms with Crippen molar-refractivity contribution in [2.24, 2.45) is 0 Å². The number of H-pyrrole nitrogens is 1. The monoisotopic (exact) mass is 474 g/mol. The Bertz CT molecular complexity index is 1140. The van der Waals surface area contributed by atoms with Crippen molar-refractivity contribution >= 4 is 23.0 Å². The predicted octanol–water partition coefficient (Wildman–Crippen LogP) is 1.17. The Morgan fingerprint density at radius 2 is 1.85 bits per heavy atom. The van der Waals surface area contributed by atoms with Gasteiger partial charge in [0.25, 0.3) is 11.5 Å². The highest BCUT2D eigenvalue weighted by atomic mass is 16.6. The molecule has 1 aliphatic heterocycles. The molecule has 0 bridgehead atoms. The van der Waals surface area contributed by atoms with E-state index >= 15 is 0 Å². The van der Waals surface area contributed by atoms with Crippen LogP contribution in [-0.4, -0.2) is 81.2 Å². The number of carbonyl (C=O) groups excluding carboxylic acids is 2. The van der Waals surface area contributed by atoms with E-state index in [9.17, 15) is 19.2 Å². The van der Waals surface area contributed by atoms with Crippen LogP contribution >= 0.6 is 0 Å². The highest BCUT2D eigenvalue weighted by Crippen LogP contribution is 2.12. The first-order valence-electron chi connectivity index (χ1n) is 11.7. The molecule has 3 heterocycles. The molecule has 0 radical (unpaired) electrons. The van der Waals surface area contributed by atoms with Gasteiger partial charge in [0.05, 0.1) is 10.9 Å². The molecule has 3 rings (SSSR count). The van der Waals surface area contributed by atoms with E-state index in [0.717, 1.165) is 26.1 Å². The first-order valence-corrected chi connectivity index (χ1v) is 11.7. The van der Waals surface area contributed by atoms with Crippen LogP contribution in [0.5, 0.6) is 0 Å². The lowest BCUT2D eigenvalue weighted by Gasteiger charge is -2.35. The van der Waals surface area contributed by atoms with Gasteiger partial charge in [-0.3, -0.25) is 24.0 Å². The minimum atomic E-state index is -0.556. The standard InChI is InChI=1S/C23H34N6O5/c1-5-8-29-18-17(20(31)26-21(29)32)14-16(15-25-18)19(30)24-7-6-9-27-10-12-28(13-11-27)22(33)34-23(2,3)4/h14-15H,5-13H2,1-4H3,(H,24,30)(H,26,31,32). The SMILES string of the molecule is CCCn1c(=O)[nH]c(=O)c2cc(C(=O)NCCCN3CCN(C(=O)OC(C)(C)C)CC3)cnc21.